The topological polar surface area (TPSA) is 109 Å². The van der Waals surface area contributed by atoms with Crippen molar-refractivity contribution in [2.75, 3.05) is 32.0 Å². The average Bonchev–Trinajstić information content (AvgIpc) is 3.19. The molecule has 0 atom stereocenters. The third-order valence-corrected chi connectivity index (χ3v) is 6.91. The molecular formula is C23H27N3O5S2. The van der Waals surface area contributed by atoms with Gasteiger partial charge in [-0.05, 0) is 64.7 Å². The fourth-order valence-electron chi connectivity index (χ4n) is 3.07. The van der Waals surface area contributed by atoms with Crippen molar-refractivity contribution in [3.63, 3.8) is 0 Å². The van der Waals surface area contributed by atoms with Crippen LogP contribution in [0.1, 0.15) is 28.2 Å². The highest BCUT2D eigenvalue weighted by Crippen LogP contribution is 2.27. The van der Waals surface area contributed by atoms with E-state index in [-0.39, 0.29) is 28.5 Å². The number of phenols is 1. The van der Waals surface area contributed by atoms with Crippen LogP contribution in [0.4, 0.5) is 5.69 Å². The molecule has 0 unspecified atom stereocenters. The van der Waals surface area contributed by atoms with Crippen LogP contribution < -0.4 is 4.72 Å². The molecule has 0 spiro atoms. The first-order valence-corrected chi connectivity index (χ1v) is 12.7. The van der Waals surface area contributed by atoms with E-state index in [1.807, 2.05) is 31.3 Å². The van der Waals surface area contributed by atoms with Crippen LogP contribution in [-0.2, 0) is 14.8 Å². The lowest BCUT2D eigenvalue weighted by Gasteiger charge is -2.12. The maximum atomic E-state index is 12.9. The number of nitrogens with zero attached hydrogens (tertiary/aromatic N) is 2. The van der Waals surface area contributed by atoms with E-state index >= 15 is 0 Å². The van der Waals surface area contributed by atoms with Crippen molar-refractivity contribution in [2.45, 2.75) is 24.7 Å². The van der Waals surface area contributed by atoms with Gasteiger partial charge in [-0.25, -0.2) is 18.2 Å². The molecule has 0 aliphatic heterocycles. The first kappa shape index (κ1) is 24.7. The third kappa shape index (κ3) is 6.77. The Kier molecular flexibility index (Phi) is 8.06. The van der Waals surface area contributed by atoms with Crippen LogP contribution in [0, 0.1) is 6.92 Å². The highest BCUT2D eigenvalue weighted by molar-refractivity contribution is 7.92. The number of esters is 1. The van der Waals surface area contributed by atoms with Gasteiger partial charge in [-0.1, -0.05) is 12.1 Å². The van der Waals surface area contributed by atoms with E-state index in [4.69, 9.17) is 4.74 Å². The fraction of sp³-hybridized carbons (Fsp3) is 0.304. The van der Waals surface area contributed by atoms with Crippen molar-refractivity contribution in [1.82, 2.24) is 9.88 Å². The largest absolute Gasteiger partial charge is 0.507 e. The summed E-state index contributed by atoms with van der Waals surface area (Å²) in [5, 5.41) is 13.0. The fourth-order valence-corrected chi connectivity index (χ4v) is 4.79. The monoisotopic (exact) mass is 489 g/mol. The number of anilines is 1. The van der Waals surface area contributed by atoms with Crippen molar-refractivity contribution >= 4 is 33.0 Å². The van der Waals surface area contributed by atoms with Gasteiger partial charge in [-0.15, -0.1) is 11.3 Å². The second-order valence-corrected chi connectivity index (χ2v) is 10.5. The minimum Gasteiger partial charge on any atom is -0.507 e. The van der Waals surface area contributed by atoms with Gasteiger partial charge in [0.25, 0.3) is 10.0 Å². The van der Waals surface area contributed by atoms with Crippen molar-refractivity contribution < 1.29 is 23.1 Å². The number of unbranched alkanes of at least 4 members (excludes halogenated alkanes) is 1. The van der Waals surface area contributed by atoms with Crippen LogP contribution in [0.15, 0.2) is 52.7 Å². The Morgan fingerprint density at radius 2 is 1.97 bits per heavy atom. The number of aromatic hydroxyl groups is 1. The van der Waals surface area contributed by atoms with E-state index in [1.165, 1.54) is 35.6 Å². The highest BCUT2D eigenvalue weighted by atomic mass is 32.2. The number of hydrogen-bond acceptors (Lipinski definition) is 8. The van der Waals surface area contributed by atoms with Crippen LogP contribution in [0.2, 0.25) is 0 Å². The highest BCUT2D eigenvalue weighted by Gasteiger charge is 2.18. The molecule has 2 aromatic carbocycles. The molecule has 3 rings (SSSR count). The number of ether oxygens (including phenoxy) is 1. The first-order valence-electron chi connectivity index (χ1n) is 10.4. The molecule has 0 radical (unpaired) electrons. The zero-order valence-corrected chi connectivity index (χ0v) is 20.4. The molecule has 33 heavy (non-hydrogen) atoms. The summed E-state index contributed by atoms with van der Waals surface area (Å²) in [7, 11) is 0.0210. The van der Waals surface area contributed by atoms with Gasteiger partial charge >= 0.3 is 5.97 Å². The number of rotatable bonds is 10. The second kappa shape index (κ2) is 10.8. The molecule has 3 aromatic rings. The lowest BCUT2D eigenvalue weighted by Crippen LogP contribution is -2.14. The van der Waals surface area contributed by atoms with Gasteiger partial charge in [-0.2, -0.15) is 0 Å². The first-order chi connectivity index (χ1) is 15.7. The van der Waals surface area contributed by atoms with Gasteiger partial charge in [-0.3, -0.25) is 4.72 Å². The number of carbonyl (C=O) groups is 1. The Hall–Kier alpha value is -2.95. The molecule has 0 amide bonds. The summed E-state index contributed by atoms with van der Waals surface area (Å²) < 4.78 is 33.4. The molecule has 0 saturated carbocycles. The molecule has 2 N–H and O–H groups in total. The Morgan fingerprint density at radius 3 is 2.64 bits per heavy atom. The van der Waals surface area contributed by atoms with Gasteiger partial charge < -0.3 is 14.7 Å². The molecule has 0 saturated heterocycles. The summed E-state index contributed by atoms with van der Waals surface area (Å²) in [6.45, 7) is 3.02. The minimum atomic E-state index is -3.92. The van der Waals surface area contributed by atoms with E-state index in [0.717, 1.165) is 18.0 Å². The van der Waals surface area contributed by atoms with Gasteiger partial charge in [0.15, 0.2) is 0 Å². The standard InChI is InChI=1S/C23H27N3O5S2/c1-16-24-21(15-32-16)17-7-6-8-19(13-17)33(29,30)25-18-9-10-20(22(27)14-18)23(28)31-12-5-4-11-26(2)3/h6-10,13-15,25,27H,4-5,11-12H2,1-3H3. The zero-order chi connectivity index (χ0) is 24.0. The summed E-state index contributed by atoms with van der Waals surface area (Å²) in [5.41, 5.74) is 1.50. The zero-order valence-electron chi connectivity index (χ0n) is 18.7. The SMILES string of the molecule is Cc1nc(-c2cccc(S(=O)(=O)Nc3ccc(C(=O)OCCCCN(C)C)c(O)c3)c2)cs1. The maximum absolute atomic E-state index is 12.9. The van der Waals surface area contributed by atoms with Crippen molar-refractivity contribution in [1.29, 1.82) is 0 Å². The van der Waals surface area contributed by atoms with Crippen LogP contribution in [0.25, 0.3) is 11.3 Å². The van der Waals surface area contributed by atoms with E-state index in [2.05, 4.69) is 9.71 Å². The van der Waals surface area contributed by atoms with Gasteiger partial charge in [0.2, 0.25) is 0 Å². The molecule has 0 aliphatic rings. The van der Waals surface area contributed by atoms with Gasteiger partial charge in [0.05, 0.1) is 27.9 Å². The van der Waals surface area contributed by atoms with Crippen molar-refractivity contribution in [2.24, 2.45) is 0 Å². The number of aryl methyl sites for hydroxylation is 1. The molecule has 0 aliphatic carbocycles. The predicted molar refractivity (Wildman–Crippen MR) is 129 cm³/mol. The van der Waals surface area contributed by atoms with Crippen molar-refractivity contribution in [3.8, 4) is 17.0 Å². The lowest BCUT2D eigenvalue weighted by atomic mass is 10.2. The number of thiazole rings is 1. The van der Waals surface area contributed by atoms with E-state index < -0.39 is 16.0 Å². The Balaban J connectivity index is 1.67. The number of carbonyl (C=O) groups excluding carboxylic acids is 1. The van der Waals surface area contributed by atoms with E-state index in [0.29, 0.717) is 17.7 Å². The smallest absolute Gasteiger partial charge is 0.341 e. The van der Waals surface area contributed by atoms with Crippen LogP contribution in [-0.4, -0.2) is 56.6 Å². The third-order valence-electron chi connectivity index (χ3n) is 4.76. The number of benzene rings is 2. The summed E-state index contributed by atoms with van der Waals surface area (Å²) in [6.07, 6.45) is 1.60. The summed E-state index contributed by atoms with van der Waals surface area (Å²) >= 11 is 1.48. The molecule has 10 heteroatoms. The summed E-state index contributed by atoms with van der Waals surface area (Å²) in [4.78, 5) is 18.7. The van der Waals surface area contributed by atoms with E-state index in [1.54, 1.807) is 18.2 Å². The summed E-state index contributed by atoms with van der Waals surface area (Å²) in [6, 6.07) is 10.4. The van der Waals surface area contributed by atoms with Crippen LogP contribution in [0.3, 0.4) is 0 Å². The molecule has 8 nitrogen and oxygen atoms in total. The summed E-state index contributed by atoms with van der Waals surface area (Å²) in [5.74, 6) is -1.02. The molecule has 0 fully saturated rings. The quantitative estimate of drug-likeness (QED) is 0.326. The van der Waals surface area contributed by atoms with Gasteiger partial charge in [0.1, 0.15) is 11.3 Å². The lowest BCUT2D eigenvalue weighted by molar-refractivity contribution is 0.0493. The molecule has 0 bridgehead atoms. The molecule has 1 aromatic heterocycles. The molecule has 1 heterocycles. The van der Waals surface area contributed by atoms with E-state index in [9.17, 15) is 18.3 Å². The van der Waals surface area contributed by atoms with Gasteiger partial charge in [0, 0.05) is 17.0 Å². The minimum absolute atomic E-state index is 0.0218. The Morgan fingerprint density at radius 1 is 1.18 bits per heavy atom. The maximum Gasteiger partial charge on any atom is 0.341 e. The Bertz CT molecular complexity index is 1220. The molecular weight excluding hydrogens is 462 g/mol. The van der Waals surface area contributed by atoms with Crippen molar-refractivity contribution in [3.05, 3.63) is 58.4 Å². The van der Waals surface area contributed by atoms with Crippen LogP contribution >= 0.6 is 11.3 Å². The normalized spacial score (nSPS) is 11.5. The van der Waals surface area contributed by atoms with Crippen LogP contribution in [0.5, 0.6) is 5.75 Å². The number of phenolic OH excluding ortho intramolecular Hbond substituents is 1. The number of hydrogen-bond donors (Lipinski definition) is 2. The second-order valence-electron chi connectivity index (χ2n) is 7.76. The Labute approximate surface area is 197 Å². The predicted octanol–water partition coefficient (Wildman–Crippen LogP) is 4.12. The molecule has 176 valence electrons. The number of sulfonamides is 1. The number of aromatic nitrogens is 1. The number of nitrogens with one attached hydrogen (secondary N) is 1. The average molecular weight is 490 g/mol.